The van der Waals surface area contributed by atoms with E-state index in [1.165, 1.54) is 49.2 Å². The number of aromatic nitrogens is 1. The Morgan fingerprint density at radius 1 is 0.413 bits per heavy atom. The first kappa shape index (κ1) is 26.1. The van der Waals surface area contributed by atoms with Crippen molar-refractivity contribution in [2.24, 2.45) is 0 Å². The second kappa shape index (κ2) is 10.4. The van der Waals surface area contributed by atoms with Gasteiger partial charge in [0.15, 0.2) is 0 Å². The van der Waals surface area contributed by atoms with Crippen molar-refractivity contribution in [2.75, 3.05) is 4.90 Å². The van der Waals surface area contributed by atoms with Crippen molar-refractivity contribution in [1.82, 2.24) is 4.40 Å². The topological polar surface area (TPSA) is 31.4 Å². The summed E-state index contributed by atoms with van der Waals surface area (Å²) in [5.41, 5.74) is 12.2. The molecular weight excluding hydrogens is 558 g/mol. The van der Waals surface area contributed by atoms with E-state index in [-0.39, 0.29) is 0 Å². The van der Waals surface area contributed by atoms with E-state index < -0.39 is 0 Å². The lowest BCUT2D eigenvalue weighted by molar-refractivity contribution is 1.28. The Hall–Kier alpha value is -6.37. The lowest BCUT2D eigenvalue weighted by atomic mass is 10.0. The summed E-state index contributed by atoms with van der Waals surface area (Å²) in [7, 11) is 0. The molecule has 7 aromatic carbocycles. The Kier molecular flexibility index (Phi) is 5.88. The second-order valence-corrected chi connectivity index (χ2v) is 11.7. The van der Waals surface area contributed by atoms with Gasteiger partial charge in [0.1, 0.15) is 0 Å². The van der Waals surface area contributed by atoms with Gasteiger partial charge in [0, 0.05) is 38.6 Å². The summed E-state index contributed by atoms with van der Waals surface area (Å²) in [4.78, 5) is 2.34. The SMILES string of the molecule is N#Cc1ccc(-c2ccc(N(c3ccc(-c4ccccc4)cc3)c3ccc4c5cccc6c7ccccc7n(c4c3)c65)cc2)cc1. The van der Waals surface area contributed by atoms with Gasteiger partial charge in [0.25, 0.3) is 0 Å². The number of anilines is 3. The van der Waals surface area contributed by atoms with Crippen molar-refractivity contribution in [2.45, 2.75) is 0 Å². The van der Waals surface area contributed by atoms with E-state index in [4.69, 9.17) is 0 Å². The van der Waals surface area contributed by atoms with Crippen LogP contribution >= 0.6 is 0 Å². The van der Waals surface area contributed by atoms with E-state index in [0.717, 1.165) is 28.2 Å². The van der Waals surface area contributed by atoms with Gasteiger partial charge in [-0.2, -0.15) is 5.26 Å². The predicted molar refractivity (Wildman–Crippen MR) is 191 cm³/mol. The van der Waals surface area contributed by atoms with E-state index in [0.29, 0.717) is 5.56 Å². The highest BCUT2D eigenvalue weighted by atomic mass is 15.1. The number of benzene rings is 7. The molecule has 0 amide bonds. The molecule has 0 aliphatic heterocycles. The van der Waals surface area contributed by atoms with Crippen LogP contribution in [0.15, 0.2) is 164 Å². The van der Waals surface area contributed by atoms with Gasteiger partial charge in [0.2, 0.25) is 0 Å². The molecule has 0 aliphatic rings. The molecule has 0 aliphatic carbocycles. The van der Waals surface area contributed by atoms with E-state index in [2.05, 4.69) is 155 Å². The van der Waals surface area contributed by atoms with Crippen LogP contribution in [0.2, 0.25) is 0 Å². The number of rotatable bonds is 5. The molecule has 0 saturated heterocycles. The maximum Gasteiger partial charge on any atom is 0.0991 e. The molecule has 0 radical (unpaired) electrons. The number of para-hydroxylation sites is 2. The van der Waals surface area contributed by atoms with E-state index in [1.54, 1.807) is 0 Å². The van der Waals surface area contributed by atoms with Crippen molar-refractivity contribution in [1.29, 1.82) is 5.26 Å². The highest BCUT2D eigenvalue weighted by Gasteiger charge is 2.19. The van der Waals surface area contributed by atoms with E-state index in [1.807, 2.05) is 24.3 Å². The maximum atomic E-state index is 9.23. The minimum absolute atomic E-state index is 0.664. The zero-order chi connectivity index (χ0) is 30.6. The zero-order valence-corrected chi connectivity index (χ0v) is 24.9. The number of hydrogen-bond acceptors (Lipinski definition) is 2. The smallest absolute Gasteiger partial charge is 0.0991 e. The first-order chi connectivity index (χ1) is 22.8. The van der Waals surface area contributed by atoms with Gasteiger partial charge in [-0.25, -0.2) is 0 Å². The highest BCUT2D eigenvalue weighted by Crippen LogP contribution is 2.42. The molecule has 2 aromatic heterocycles. The van der Waals surface area contributed by atoms with Crippen LogP contribution in [0.25, 0.3) is 60.3 Å². The van der Waals surface area contributed by atoms with Crippen molar-refractivity contribution in [3.8, 4) is 28.3 Å². The van der Waals surface area contributed by atoms with Gasteiger partial charge in [-0.15, -0.1) is 0 Å². The molecule has 9 rings (SSSR count). The Morgan fingerprint density at radius 3 is 1.54 bits per heavy atom. The monoisotopic (exact) mass is 585 g/mol. The summed E-state index contributed by atoms with van der Waals surface area (Å²) in [5.74, 6) is 0. The molecule has 214 valence electrons. The number of nitrogens with zero attached hydrogens (tertiary/aromatic N) is 3. The number of nitriles is 1. The molecule has 0 bridgehead atoms. The Balaban J connectivity index is 1.22. The Labute approximate surface area is 266 Å². The fourth-order valence-electron chi connectivity index (χ4n) is 6.98. The molecular formula is C43H27N3. The lowest BCUT2D eigenvalue weighted by Gasteiger charge is -2.26. The largest absolute Gasteiger partial charge is 0.310 e. The van der Waals surface area contributed by atoms with Crippen LogP contribution in [-0.2, 0) is 0 Å². The molecule has 46 heavy (non-hydrogen) atoms. The van der Waals surface area contributed by atoms with Crippen LogP contribution in [0.1, 0.15) is 5.56 Å². The third-order valence-corrected chi connectivity index (χ3v) is 9.17. The van der Waals surface area contributed by atoms with Crippen LogP contribution in [0.3, 0.4) is 0 Å². The first-order valence-corrected chi connectivity index (χ1v) is 15.5. The van der Waals surface area contributed by atoms with Crippen molar-refractivity contribution in [3.05, 3.63) is 169 Å². The summed E-state index contributed by atoms with van der Waals surface area (Å²) in [6.45, 7) is 0. The Bertz CT molecular complexity index is 2550. The Morgan fingerprint density at radius 2 is 0.913 bits per heavy atom. The standard InChI is InChI=1S/C43H27N3/c44-28-29-13-15-31(16-14-29)33-19-23-35(24-20-33)45(34-21-17-32(18-22-34)30-7-2-1-3-8-30)36-25-26-38-40-11-6-10-39-37-9-4-5-12-41(37)46(43(39)40)42(38)27-36/h1-27H. The van der Waals surface area contributed by atoms with Gasteiger partial charge < -0.3 is 9.30 Å². The van der Waals surface area contributed by atoms with Gasteiger partial charge in [-0.05, 0) is 76.9 Å². The average molecular weight is 586 g/mol. The summed E-state index contributed by atoms with van der Waals surface area (Å²) in [6, 6.07) is 60.2. The molecule has 0 spiro atoms. The fourth-order valence-corrected chi connectivity index (χ4v) is 6.98. The minimum atomic E-state index is 0.664. The van der Waals surface area contributed by atoms with Crippen LogP contribution < -0.4 is 4.90 Å². The normalized spacial score (nSPS) is 11.5. The molecule has 3 heteroatoms. The number of hydrogen-bond donors (Lipinski definition) is 0. The lowest BCUT2D eigenvalue weighted by Crippen LogP contribution is -2.10. The maximum absolute atomic E-state index is 9.23. The molecule has 3 nitrogen and oxygen atoms in total. The molecule has 0 saturated carbocycles. The third kappa shape index (κ3) is 4.05. The molecule has 9 aromatic rings. The first-order valence-electron chi connectivity index (χ1n) is 15.5. The van der Waals surface area contributed by atoms with Crippen molar-refractivity contribution >= 4 is 55.2 Å². The van der Waals surface area contributed by atoms with E-state index in [9.17, 15) is 5.26 Å². The van der Waals surface area contributed by atoms with Crippen molar-refractivity contribution < 1.29 is 0 Å². The molecule has 0 unspecified atom stereocenters. The molecule has 0 atom stereocenters. The zero-order valence-electron chi connectivity index (χ0n) is 24.9. The quantitative estimate of drug-likeness (QED) is 0.201. The summed E-state index contributed by atoms with van der Waals surface area (Å²) in [6.07, 6.45) is 0. The van der Waals surface area contributed by atoms with E-state index >= 15 is 0 Å². The van der Waals surface area contributed by atoms with Gasteiger partial charge in [-0.3, -0.25) is 0 Å². The fraction of sp³-hybridized carbons (Fsp3) is 0. The van der Waals surface area contributed by atoms with Gasteiger partial charge in [-0.1, -0.05) is 109 Å². The highest BCUT2D eigenvalue weighted by molar-refractivity contribution is 6.23. The van der Waals surface area contributed by atoms with Gasteiger partial charge >= 0.3 is 0 Å². The second-order valence-electron chi connectivity index (χ2n) is 11.7. The summed E-state index contributed by atoms with van der Waals surface area (Å²) < 4.78 is 2.43. The predicted octanol–water partition coefficient (Wildman–Crippen LogP) is 11.5. The summed E-state index contributed by atoms with van der Waals surface area (Å²) >= 11 is 0. The number of fused-ring (bicyclic) bond motifs is 6. The van der Waals surface area contributed by atoms with Gasteiger partial charge in [0.05, 0.1) is 28.2 Å². The minimum Gasteiger partial charge on any atom is -0.310 e. The van der Waals surface area contributed by atoms with Crippen LogP contribution in [-0.4, -0.2) is 4.40 Å². The third-order valence-electron chi connectivity index (χ3n) is 9.17. The molecule has 0 fully saturated rings. The molecule has 2 heterocycles. The average Bonchev–Trinajstić information content (AvgIpc) is 3.65. The van der Waals surface area contributed by atoms with Crippen molar-refractivity contribution in [3.63, 3.8) is 0 Å². The van der Waals surface area contributed by atoms with Crippen LogP contribution in [0, 0.1) is 11.3 Å². The van der Waals surface area contributed by atoms with Crippen LogP contribution in [0.5, 0.6) is 0 Å². The van der Waals surface area contributed by atoms with Crippen LogP contribution in [0.4, 0.5) is 17.1 Å². The summed E-state index contributed by atoms with van der Waals surface area (Å²) in [5, 5.41) is 14.3. The molecule has 0 N–H and O–H groups in total.